The summed E-state index contributed by atoms with van der Waals surface area (Å²) in [5.74, 6) is -1.19. The molecule has 0 amide bonds. The molecule has 8 heteroatoms. The van der Waals surface area contributed by atoms with Gasteiger partial charge in [0.1, 0.15) is 11.4 Å². The van der Waals surface area contributed by atoms with Crippen molar-refractivity contribution in [2.45, 2.75) is 32.0 Å². The van der Waals surface area contributed by atoms with Crippen molar-refractivity contribution in [3.05, 3.63) is 34.2 Å². The molecule has 0 radical (unpaired) electrons. The third kappa shape index (κ3) is 2.75. The summed E-state index contributed by atoms with van der Waals surface area (Å²) in [5.41, 5.74) is -0.546. The lowest BCUT2D eigenvalue weighted by Gasteiger charge is -2.27. The summed E-state index contributed by atoms with van der Waals surface area (Å²) in [6, 6.07) is 3.68. The standard InChI is InChI=1S/C18H21N3O5/c1-2-25-18(24)14-15(22)13-4-3-5-19-16(13)21(17(14)23)7-6-20-9-12-8-11(20)10-26-12/h3-5,11-12,22H,2,6-10H2,1H3. The van der Waals surface area contributed by atoms with Gasteiger partial charge in [0.2, 0.25) is 0 Å². The number of aromatic nitrogens is 2. The fourth-order valence-corrected chi connectivity index (χ4v) is 3.84. The Morgan fingerprint density at radius 2 is 2.31 bits per heavy atom. The normalized spacial score (nSPS) is 22.2. The van der Waals surface area contributed by atoms with Crippen LogP contribution in [0.25, 0.3) is 11.0 Å². The van der Waals surface area contributed by atoms with Crippen LogP contribution in [0, 0.1) is 0 Å². The zero-order valence-corrected chi connectivity index (χ0v) is 14.6. The van der Waals surface area contributed by atoms with Crippen LogP contribution in [0.5, 0.6) is 5.75 Å². The molecule has 2 atom stereocenters. The van der Waals surface area contributed by atoms with E-state index in [4.69, 9.17) is 9.47 Å². The molecule has 0 aromatic carbocycles. The number of hydrogen-bond acceptors (Lipinski definition) is 7. The van der Waals surface area contributed by atoms with Crippen molar-refractivity contribution in [3.8, 4) is 5.75 Å². The van der Waals surface area contributed by atoms with Gasteiger partial charge >= 0.3 is 5.97 Å². The smallest absolute Gasteiger partial charge is 0.347 e. The third-order valence-corrected chi connectivity index (χ3v) is 5.10. The zero-order chi connectivity index (χ0) is 18.3. The molecule has 2 aliphatic heterocycles. The molecular weight excluding hydrogens is 338 g/mol. The number of carbonyl (C=O) groups excluding carboxylic acids is 1. The molecule has 0 spiro atoms. The Labute approximate surface area is 150 Å². The van der Waals surface area contributed by atoms with E-state index in [1.54, 1.807) is 25.3 Å². The first kappa shape index (κ1) is 17.0. The summed E-state index contributed by atoms with van der Waals surface area (Å²) >= 11 is 0. The molecule has 1 N–H and O–H groups in total. The molecule has 138 valence electrons. The van der Waals surface area contributed by atoms with E-state index in [2.05, 4.69) is 9.88 Å². The van der Waals surface area contributed by atoms with Crippen LogP contribution < -0.4 is 5.56 Å². The Kier molecular flexibility index (Phi) is 4.37. The monoisotopic (exact) mass is 359 g/mol. The summed E-state index contributed by atoms with van der Waals surface area (Å²) in [6.45, 7) is 4.39. The number of fused-ring (bicyclic) bond motifs is 3. The number of aromatic hydroxyl groups is 1. The lowest BCUT2D eigenvalue weighted by Crippen LogP contribution is -2.40. The number of rotatable bonds is 5. The van der Waals surface area contributed by atoms with Crippen LogP contribution >= 0.6 is 0 Å². The molecule has 2 fully saturated rings. The average molecular weight is 359 g/mol. The lowest BCUT2D eigenvalue weighted by molar-refractivity contribution is 0.0293. The average Bonchev–Trinajstić information content (AvgIpc) is 3.25. The largest absolute Gasteiger partial charge is 0.506 e. The zero-order valence-electron chi connectivity index (χ0n) is 14.6. The minimum Gasteiger partial charge on any atom is -0.506 e. The molecule has 8 nitrogen and oxygen atoms in total. The third-order valence-electron chi connectivity index (χ3n) is 5.10. The Morgan fingerprint density at radius 1 is 1.46 bits per heavy atom. The predicted octanol–water partition coefficient (Wildman–Crippen LogP) is 0.752. The number of nitrogens with zero attached hydrogens (tertiary/aromatic N) is 3. The van der Waals surface area contributed by atoms with Crippen LogP contribution in [0.2, 0.25) is 0 Å². The number of pyridine rings is 2. The maximum Gasteiger partial charge on any atom is 0.347 e. The first-order chi connectivity index (χ1) is 12.6. The van der Waals surface area contributed by atoms with Crippen molar-refractivity contribution in [1.29, 1.82) is 0 Å². The molecule has 2 aliphatic rings. The summed E-state index contributed by atoms with van der Waals surface area (Å²) < 4.78 is 12.0. The number of likely N-dealkylation sites (tertiary alicyclic amines) is 1. The topological polar surface area (TPSA) is 93.9 Å². The second-order valence-corrected chi connectivity index (χ2v) is 6.62. The number of esters is 1. The van der Waals surface area contributed by atoms with Crippen molar-refractivity contribution in [2.75, 3.05) is 26.3 Å². The lowest BCUT2D eigenvalue weighted by atomic mass is 10.1. The summed E-state index contributed by atoms with van der Waals surface area (Å²) in [5, 5.41) is 10.8. The van der Waals surface area contributed by atoms with E-state index in [9.17, 15) is 14.7 Å². The highest BCUT2D eigenvalue weighted by Gasteiger charge is 2.38. The molecule has 2 bridgehead atoms. The molecule has 0 aliphatic carbocycles. The van der Waals surface area contributed by atoms with Gasteiger partial charge in [-0.2, -0.15) is 0 Å². The van der Waals surface area contributed by atoms with Gasteiger partial charge in [0.15, 0.2) is 5.56 Å². The highest BCUT2D eigenvalue weighted by atomic mass is 16.5. The van der Waals surface area contributed by atoms with Crippen LogP contribution in [-0.4, -0.2) is 64.0 Å². The summed E-state index contributed by atoms with van der Waals surface area (Å²) in [7, 11) is 0. The fraction of sp³-hybridized carbons (Fsp3) is 0.500. The minimum absolute atomic E-state index is 0.125. The highest BCUT2D eigenvalue weighted by Crippen LogP contribution is 2.28. The molecule has 4 rings (SSSR count). The minimum atomic E-state index is -0.817. The van der Waals surface area contributed by atoms with Crippen LogP contribution in [0.4, 0.5) is 0 Å². The first-order valence-electron chi connectivity index (χ1n) is 8.83. The van der Waals surface area contributed by atoms with Gasteiger partial charge < -0.3 is 14.6 Å². The van der Waals surface area contributed by atoms with Gasteiger partial charge in [-0.15, -0.1) is 0 Å². The van der Waals surface area contributed by atoms with E-state index >= 15 is 0 Å². The van der Waals surface area contributed by atoms with Crippen LogP contribution in [0.15, 0.2) is 23.1 Å². The van der Waals surface area contributed by atoms with Gasteiger partial charge in [-0.05, 0) is 25.5 Å². The van der Waals surface area contributed by atoms with E-state index in [0.29, 0.717) is 30.2 Å². The first-order valence-corrected chi connectivity index (χ1v) is 8.83. The van der Waals surface area contributed by atoms with E-state index in [0.717, 1.165) is 19.6 Å². The summed E-state index contributed by atoms with van der Waals surface area (Å²) in [4.78, 5) is 31.7. The molecule has 2 aromatic rings. The van der Waals surface area contributed by atoms with Gasteiger partial charge in [0, 0.05) is 31.9 Å². The van der Waals surface area contributed by atoms with E-state index in [1.807, 2.05) is 0 Å². The molecule has 2 saturated heterocycles. The maximum absolute atomic E-state index is 12.9. The molecule has 2 unspecified atom stereocenters. The molecule has 2 aromatic heterocycles. The van der Waals surface area contributed by atoms with Gasteiger partial charge in [0.05, 0.1) is 24.7 Å². The Balaban J connectivity index is 1.72. The molecule has 26 heavy (non-hydrogen) atoms. The van der Waals surface area contributed by atoms with Crippen molar-refractivity contribution in [2.24, 2.45) is 0 Å². The Morgan fingerprint density at radius 3 is 3.00 bits per heavy atom. The van der Waals surface area contributed by atoms with Gasteiger partial charge in [-0.1, -0.05) is 0 Å². The van der Waals surface area contributed by atoms with Crippen molar-refractivity contribution >= 4 is 17.0 Å². The predicted molar refractivity (Wildman–Crippen MR) is 93.3 cm³/mol. The van der Waals surface area contributed by atoms with Crippen molar-refractivity contribution < 1.29 is 19.4 Å². The summed E-state index contributed by atoms with van der Waals surface area (Å²) in [6.07, 6.45) is 2.87. The van der Waals surface area contributed by atoms with E-state index in [1.165, 1.54) is 4.57 Å². The second kappa shape index (κ2) is 6.69. The number of hydrogen-bond donors (Lipinski definition) is 1. The maximum atomic E-state index is 12.9. The van der Waals surface area contributed by atoms with Crippen LogP contribution in [0.1, 0.15) is 23.7 Å². The second-order valence-electron chi connectivity index (χ2n) is 6.62. The quantitative estimate of drug-likeness (QED) is 0.788. The molecule has 0 saturated carbocycles. The van der Waals surface area contributed by atoms with Crippen molar-refractivity contribution in [1.82, 2.24) is 14.5 Å². The number of ether oxygens (including phenoxy) is 2. The molecular formula is C18H21N3O5. The van der Waals surface area contributed by atoms with Gasteiger partial charge in [-0.25, -0.2) is 9.78 Å². The van der Waals surface area contributed by atoms with Gasteiger partial charge in [-0.3, -0.25) is 14.3 Å². The number of carbonyl (C=O) groups is 1. The van der Waals surface area contributed by atoms with E-state index in [-0.39, 0.29) is 24.0 Å². The SMILES string of the molecule is CCOC(=O)c1c(O)c2cccnc2n(CCN2CC3CC2CO3)c1=O. The number of morpholine rings is 1. The molecule has 4 heterocycles. The Bertz CT molecular complexity index is 910. The van der Waals surface area contributed by atoms with Crippen LogP contribution in [0.3, 0.4) is 0 Å². The van der Waals surface area contributed by atoms with E-state index < -0.39 is 11.5 Å². The van der Waals surface area contributed by atoms with Crippen molar-refractivity contribution in [3.63, 3.8) is 0 Å². The van der Waals surface area contributed by atoms with Crippen LogP contribution in [-0.2, 0) is 16.0 Å². The van der Waals surface area contributed by atoms with Gasteiger partial charge in [0.25, 0.3) is 5.56 Å². The highest BCUT2D eigenvalue weighted by molar-refractivity contribution is 5.98. The fourth-order valence-electron chi connectivity index (χ4n) is 3.84. The Hall–Kier alpha value is -2.45.